The third kappa shape index (κ3) is 2.01. The van der Waals surface area contributed by atoms with Crippen LogP contribution < -0.4 is 0 Å². The highest BCUT2D eigenvalue weighted by atomic mass is 16.5. The van der Waals surface area contributed by atoms with Crippen molar-refractivity contribution in [2.45, 2.75) is 18.8 Å². The molecule has 1 aliphatic rings. The van der Waals surface area contributed by atoms with E-state index in [-0.39, 0.29) is 11.4 Å². The Bertz CT molecular complexity index is 413. The van der Waals surface area contributed by atoms with Gasteiger partial charge in [-0.05, 0) is 12.8 Å². The molecule has 1 aliphatic carbocycles. The van der Waals surface area contributed by atoms with E-state index in [0.29, 0.717) is 18.0 Å². The minimum atomic E-state index is -0.539. The average molecular weight is 206 g/mol. The van der Waals surface area contributed by atoms with E-state index in [9.17, 15) is 9.59 Å². The molecule has 0 aliphatic heterocycles. The van der Waals surface area contributed by atoms with Crippen LogP contribution in [0.5, 0.6) is 0 Å². The second-order valence-electron chi connectivity index (χ2n) is 3.42. The maximum atomic E-state index is 11.2. The number of aromatic nitrogens is 2. The summed E-state index contributed by atoms with van der Waals surface area (Å²) in [5.74, 6) is 0.329. The Balaban J connectivity index is 2.40. The summed E-state index contributed by atoms with van der Waals surface area (Å²) in [5, 5.41) is 0. The van der Waals surface area contributed by atoms with Gasteiger partial charge in [0.2, 0.25) is 0 Å². The molecule has 0 aromatic carbocycles. The predicted molar refractivity (Wildman–Crippen MR) is 50.7 cm³/mol. The van der Waals surface area contributed by atoms with E-state index in [2.05, 4.69) is 14.7 Å². The third-order valence-corrected chi connectivity index (χ3v) is 2.22. The molecule has 1 saturated carbocycles. The van der Waals surface area contributed by atoms with Crippen molar-refractivity contribution in [3.63, 3.8) is 0 Å². The SMILES string of the molecule is COC(=O)c1cc(C=O)nc(C2CC2)n1. The molecule has 15 heavy (non-hydrogen) atoms. The lowest BCUT2D eigenvalue weighted by atomic mass is 10.3. The molecule has 0 N–H and O–H groups in total. The lowest BCUT2D eigenvalue weighted by Gasteiger charge is -2.02. The van der Waals surface area contributed by atoms with E-state index in [0.717, 1.165) is 12.8 Å². The van der Waals surface area contributed by atoms with E-state index in [1.165, 1.54) is 13.2 Å². The Morgan fingerprint density at radius 1 is 1.53 bits per heavy atom. The zero-order valence-corrected chi connectivity index (χ0v) is 8.27. The van der Waals surface area contributed by atoms with E-state index >= 15 is 0 Å². The van der Waals surface area contributed by atoms with Gasteiger partial charge in [-0.15, -0.1) is 0 Å². The molecular weight excluding hydrogens is 196 g/mol. The van der Waals surface area contributed by atoms with Gasteiger partial charge in [0.25, 0.3) is 0 Å². The van der Waals surface area contributed by atoms with Crippen LogP contribution >= 0.6 is 0 Å². The van der Waals surface area contributed by atoms with Crippen LogP contribution in [0.4, 0.5) is 0 Å². The summed E-state index contributed by atoms with van der Waals surface area (Å²) >= 11 is 0. The molecule has 78 valence electrons. The van der Waals surface area contributed by atoms with Gasteiger partial charge in [0.1, 0.15) is 11.5 Å². The van der Waals surface area contributed by atoms with Gasteiger partial charge < -0.3 is 4.74 Å². The lowest BCUT2D eigenvalue weighted by Crippen LogP contribution is -2.09. The van der Waals surface area contributed by atoms with Crippen LogP contribution in [0.2, 0.25) is 0 Å². The van der Waals surface area contributed by atoms with Gasteiger partial charge in [0, 0.05) is 12.0 Å². The molecule has 0 saturated heterocycles. The van der Waals surface area contributed by atoms with Crippen molar-refractivity contribution in [1.82, 2.24) is 9.97 Å². The van der Waals surface area contributed by atoms with Crippen LogP contribution in [-0.2, 0) is 4.74 Å². The lowest BCUT2D eigenvalue weighted by molar-refractivity contribution is 0.0593. The van der Waals surface area contributed by atoms with Gasteiger partial charge in [-0.25, -0.2) is 14.8 Å². The monoisotopic (exact) mass is 206 g/mol. The molecule has 2 rings (SSSR count). The van der Waals surface area contributed by atoms with Crippen LogP contribution in [0.15, 0.2) is 6.07 Å². The smallest absolute Gasteiger partial charge is 0.356 e. The molecule has 0 unspecified atom stereocenters. The summed E-state index contributed by atoms with van der Waals surface area (Å²) < 4.78 is 4.55. The number of esters is 1. The van der Waals surface area contributed by atoms with E-state index in [1.54, 1.807) is 0 Å². The summed E-state index contributed by atoms with van der Waals surface area (Å²) in [6.07, 6.45) is 2.64. The molecule has 1 heterocycles. The predicted octanol–water partition coefficient (Wildman–Crippen LogP) is 0.953. The molecule has 5 heteroatoms. The largest absolute Gasteiger partial charge is 0.464 e. The quantitative estimate of drug-likeness (QED) is 0.544. The molecular formula is C10H10N2O3. The molecule has 5 nitrogen and oxygen atoms in total. The first-order valence-corrected chi connectivity index (χ1v) is 4.67. The Morgan fingerprint density at radius 3 is 2.80 bits per heavy atom. The van der Waals surface area contributed by atoms with Crippen molar-refractivity contribution in [2.24, 2.45) is 0 Å². The average Bonchev–Trinajstić information content (AvgIpc) is 3.11. The summed E-state index contributed by atoms with van der Waals surface area (Å²) in [4.78, 5) is 30.0. The normalized spacial score (nSPS) is 14.7. The van der Waals surface area contributed by atoms with Gasteiger partial charge in [0.05, 0.1) is 7.11 Å². The Morgan fingerprint density at radius 2 is 2.27 bits per heavy atom. The van der Waals surface area contributed by atoms with E-state index in [4.69, 9.17) is 0 Å². The molecule has 0 spiro atoms. The fraction of sp³-hybridized carbons (Fsp3) is 0.400. The topological polar surface area (TPSA) is 69.2 Å². The Kier molecular flexibility index (Phi) is 2.45. The highest BCUT2D eigenvalue weighted by Gasteiger charge is 2.28. The molecule has 0 radical (unpaired) electrons. The molecule has 1 fully saturated rings. The van der Waals surface area contributed by atoms with Crippen LogP contribution in [0, 0.1) is 0 Å². The van der Waals surface area contributed by atoms with Gasteiger partial charge in [-0.2, -0.15) is 0 Å². The van der Waals surface area contributed by atoms with E-state index in [1.807, 2.05) is 0 Å². The maximum absolute atomic E-state index is 11.2. The number of hydrogen-bond donors (Lipinski definition) is 0. The number of ether oxygens (including phenoxy) is 1. The van der Waals surface area contributed by atoms with Crippen molar-refractivity contribution in [3.8, 4) is 0 Å². The number of aldehydes is 1. The zero-order chi connectivity index (χ0) is 10.8. The zero-order valence-electron chi connectivity index (χ0n) is 8.27. The first-order valence-electron chi connectivity index (χ1n) is 4.67. The molecule has 0 amide bonds. The van der Waals surface area contributed by atoms with Crippen LogP contribution in [0.25, 0.3) is 0 Å². The summed E-state index contributed by atoms with van der Waals surface area (Å²) in [6, 6.07) is 1.34. The Labute approximate surface area is 86.5 Å². The van der Waals surface area contributed by atoms with Crippen molar-refractivity contribution in [1.29, 1.82) is 0 Å². The van der Waals surface area contributed by atoms with Gasteiger partial charge >= 0.3 is 5.97 Å². The van der Waals surface area contributed by atoms with Crippen molar-refractivity contribution < 1.29 is 14.3 Å². The first-order chi connectivity index (χ1) is 7.24. The second-order valence-corrected chi connectivity index (χ2v) is 3.42. The van der Waals surface area contributed by atoms with Crippen LogP contribution in [-0.4, -0.2) is 29.3 Å². The van der Waals surface area contributed by atoms with Crippen molar-refractivity contribution >= 4 is 12.3 Å². The van der Waals surface area contributed by atoms with Gasteiger partial charge in [-0.1, -0.05) is 0 Å². The molecule has 1 aromatic rings. The fourth-order valence-corrected chi connectivity index (χ4v) is 1.28. The molecule has 1 aromatic heterocycles. The summed E-state index contributed by atoms with van der Waals surface area (Å²) in [6.45, 7) is 0. The minimum absolute atomic E-state index is 0.150. The van der Waals surface area contributed by atoms with Crippen LogP contribution in [0.1, 0.15) is 45.6 Å². The number of carbonyl (C=O) groups excluding carboxylic acids is 2. The Hall–Kier alpha value is -1.78. The van der Waals surface area contributed by atoms with Crippen molar-refractivity contribution in [3.05, 3.63) is 23.3 Å². The number of methoxy groups -OCH3 is 1. The maximum Gasteiger partial charge on any atom is 0.356 e. The highest BCUT2D eigenvalue weighted by molar-refractivity contribution is 5.88. The first kappa shape index (κ1) is 9.76. The number of hydrogen-bond acceptors (Lipinski definition) is 5. The fourth-order valence-electron chi connectivity index (χ4n) is 1.28. The summed E-state index contributed by atoms with van der Waals surface area (Å²) in [7, 11) is 1.28. The summed E-state index contributed by atoms with van der Waals surface area (Å²) in [5.41, 5.74) is 0.379. The van der Waals surface area contributed by atoms with Gasteiger partial charge in [-0.3, -0.25) is 4.79 Å². The standard InChI is InChI=1S/C10H10N2O3/c1-15-10(14)8-4-7(5-13)11-9(12-8)6-2-3-6/h4-6H,2-3H2,1H3. The number of nitrogens with zero attached hydrogens (tertiary/aromatic N) is 2. The van der Waals surface area contributed by atoms with Crippen molar-refractivity contribution in [2.75, 3.05) is 7.11 Å². The molecule has 0 atom stereocenters. The van der Waals surface area contributed by atoms with Crippen LogP contribution in [0.3, 0.4) is 0 Å². The minimum Gasteiger partial charge on any atom is -0.464 e. The number of carbonyl (C=O) groups is 2. The highest BCUT2D eigenvalue weighted by Crippen LogP contribution is 2.37. The van der Waals surface area contributed by atoms with Gasteiger partial charge in [0.15, 0.2) is 12.0 Å². The van der Waals surface area contributed by atoms with E-state index < -0.39 is 5.97 Å². The molecule has 0 bridgehead atoms. The second kappa shape index (κ2) is 3.76. The number of rotatable bonds is 3. The third-order valence-electron chi connectivity index (χ3n) is 2.22.